The number of H-pyrrole nitrogens is 1. The van der Waals surface area contributed by atoms with Gasteiger partial charge in [-0.05, 0) is 25.5 Å². The molecule has 0 aliphatic rings. The number of nitrogens with one attached hydrogen (secondary N) is 2. The molecule has 6 nitrogen and oxygen atoms in total. The predicted molar refractivity (Wildman–Crippen MR) is 78.3 cm³/mol. The molecule has 2 N–H and O–H groups in total. The van der Waals surface area contributed by atoms with E-state index in [-0.39, 0.29) is 0 Å². The number of nitrogens with zero attached hydrogens (tertiary/aromatic N) is 3. The van der Waals surface area contributed by atoms with Crippen LogP contribution in [0.1, 0.15) is 11.1 Å². The molecule has 2 heterocycles. The zero-order valence-electron chi connectivity index (χ0n) is 11.6. The van der Waals surface area contributed by atoms with Crippen molar-refractivity contribution in [3.63, 3.8) is 0 Å². The van der Waals surface area contributed by atoms with Gasteiger partial charge in [0.25, 0.3) is 0 Å². The smallest absolute Gasteiger partial charge is 0.341 e. The molecule has 0 amide bonds. The summed E-state index contributed by atoms with van der Waals surface area (Å²) in [6.07, 6.45) is 1.68. The van der Waals surface area contributed by atoms with Crippen LogP contribution in [0.3, 0.4) is 0 Å². The largest absolute Gasteiger partial charge is 0.348 e. The van der Waals surface area contributed by atoms with Gasteiger partial charge in [0, 0.05) is 12.7 Å². The quantitative estimate of drug-likeness (QED) is 0.746. The van der Waals surface area contributed by atoms with Crippen LogP contribution in [0, 0.1) is 13.8 Å². The lowest BCUT2D eigenvalue weighted by Crippen LogP contribution is -2.13. The molecule has 0 atom stereocenters. The Labute approximate surface area is 115 Å². The number of fused-ring (bicyclic) bond motifs is 1. The molecule has 1 aromatic carbocycles. The van der Waals surface area contributed by atoms with Crippen LogP contribution in [0.25, 0.3) is 11.0 Å². The lowest BCUT2D eigenvalue weighted by molar-refractivity contribution is 0.783. The Bertz CT molecular complexity index is 846. The normalized spacial score (nSPS) is 10.9. The number of benzene rings is 1. The molecule has 3 aromatic rings. The summed E-state index contributed by atoms with van der Waals surface area (Å²) in [5, 5.41) is 8.16. The van der Waals surface area contributed by atoms with Gasteiger partial charge < -0.3 is 5.32 Å². The van der Waals surface area contributed by atoms with Crippen molar-refractivity contribution in [3.8, 4) is 0 Å². The highest BCUT2D eigenvalue weighted by Gasteiger charge is 2.10. The molecule has 3 rings (SSSR count). The lowest BCUT2D eigenvalue weighted by Gasteiger charge is -2.10. The topological polar surface area (TPSA) is 75.6 Å². The van der Waals surface area contributed by atoms with Crippen molar-refractivity contribution in [1.82, 2.24) is 19.7 Å². The van der Waals surface area contributed by atoms with Gasteiger partial charge in [-0.3, -0.25) is 9.67 Å². The Morgan fingerprint density at radius 3 is 2.85 bits per heavy atom. The highest BCUT2D eigenvalue weighted by Crippen LogP contribution is 2.24. The first-order valence-electron chi connectivity index (χ1n) is 6.31. The van der Waals surface area contributed by atoms with E-state index in [1.807, 2.05) is 26.0 Å². The number of rotatable bonds is 2. The molecule has 0 unspecified atom stereocenters. The summed E-state index contributed by atoms with van der Waals surface area (Å²) in [6, 6.07) is 6.10. The minimum atomic E-state index is -0.395. The van der Waals surface area contributed by atoms with E-state index in [0.717, 1.165) is 16.6 Å². The summed E-state index contributed by atoms with van der Waals surface area (Å²) in [7, 11) is 1.76. The molecule has 0 radical (unpaired) electrons. The fraction of sp³-hybridized carbons (Fsp3) is 0.214. The summed E-state index contributed by atoms with van der Waals surface area (Å²) < 4.78 is 1.58. The molecular formula is C14H15N5O. The van der Waals surface area contributed by atoms with Gasteiger partial charge in [-0.2, -0.15) is 10.1 Å². The summed E-state index contributed by atoms with van der Waals surface area (Å²) in [5.41, 5.74) is 3.42. The van der Waals surface area contributed by atoms with Crippen LogP contribution in [0.4, 0.5) is 11.5 Å². The van der Waals surface area contributed by atoms with Gasteiger partial charge in [0.15, 0.2) is 5.65 Å². The molecule has 102 valence electrons. The lowest BCUT2D eigenvalue weighted by atomic mass is 10.1. The van der Waals surface area contributed by atoms with Crippen molar-refractivity contribution in [2.24, 2.45) is 7.05 Å². The van der Waals surface area contributed by atoms with E-state index in [2.05, 4.69) is 26.4 Å². The van der Waals surface area contributed by atoms with E-state index in [4.69, 9.17) is 0 Å². The van der Waals surface area contributed by atoms with Crippen LogP contribution in [0.5, 0.6) is 0 Å². The molecule has 20 heavy (non-hydrogen) atoms. The maximum absolute atomic E-state index is 11.6. The fourth-order valence-corrected chi connectivity index (χ4v) is 2.23. The summed E-state index contributed by atoms with van der Waals surface area (Å²) >= 11 is 0. The number of hydrogen-bond acceptors (Lipinski definition) is 4. The predicted octanol–water partition coefficient (Wildman–Crippen LogP) is 2.02. The second kappa shape index (κ2) is 4.48. The summed E-state index contributed by atoms with van der Waals surface area (Å²) in [6.45, 7) is 4.07. The van der Waals surface area contributed by atoms with Crippen molar-refractivity contribution in [2.75, 3.05) is 5.32 Å². The average molecular weight is 269 g/mol. The van der Waals surface area contributed by atoms with Gasteiger partial charge in [-0.1, -0.05) is 17.7 Å². The van der Waals surface area contributed by atoms with E-state index < -0.39 is 5.69 Å². The van der Waals surface area contributed by atoms with Crippen molar-refractivity contribution < 1.29 is 0 Å². The van der Waals surface area contributed by atoms with E-state index in [9.17, 15) is 4.79 Å². The molecule has 0 spiro atoms. The highest BCUT2D eigenvalue weighted by molar-refractivity contribution is 5.88. The van der Waals surface area contributed by atoms with Gasteiger partial charge in [-0.15, -0.1) is 0 Å². The Balaban J connectivity index is 2.13. The molecule has 0 aliphatic carbocycles. The van der Waals surface area contributed by atoms with Crippen LogP contribution in [-0.4, -0.2) is 19.7 Å². The van der Waals surface area contributed by atoms with Crippen molar-refractivity contribution in [1.29, 1.82) is 0 Å². The average Bonchev–Trinajstić information content (AvgIpc) is 2.75. The summed E-state index contributed by atoms with van der Waals surface area (Å²) in [5.74, 6) is 0.611. The van der Waals surface area contributed by atoms with Gasteiger partial charge in [-0.25, -0.2) is 4.79 Å². The first-order chi connectivity index (χ1) is 9.54. The molecule has 0 aliphatic heterocycles. The van der Waals surface area contributed by atoms with Gasteiger partial charge >= 0.3 is 5.69 Å². The molecule has 0 fully saturated rings. The van der Waals surface area contributed by atoms with Crippen LogP contribution >= 0.6 is 0 Å². The third kappa shape index (κ3) is 2.05. The fourth-order valence-electron chi connectivity index (χ4n) is 2.23. The number of aryl methyl sites for hydroxylation is 3. The maximum Gasteiger partial charge on any atom is 0.348 e. The Hall–Kier alpha value is -2.63. The zero-order chi connectivity index (χ0) is 14.3. The molecular weight excluding hydrogens is 254 g/mol. The maximum atomic E-state index is 11.6. The zero-order valence-corrected chi connectivity index (χ0v) is 11.6. The second-order valence-corrected chi connectivity index (χ2v) is 4.87. The second-order valence-electron chi connectivity index (χ2n) is 4.87. The molecule has 0 bridgehead atoms. The standard InChI is InChI=1S/C14H15N5O/c1-8-4-5-11(9(2)6-8)16-12-10-7-15-19(3)13(10)18-14(20)17-12/h4-7H,1-3H3,(H2,16,17,18,20). The number of aromatic nitrogens is 4. The van der Waals surface area contributed by atoms with Gasteiger partial charge in [0.1, 0.15) is 5.82 Å². The molecule has 2 aromatic heterocycles. The molecule has 0 saturated carbocycles. The molecule has 0 saturated heterocycles. The van der Waals surface area contributed by atoms with E-state index in [0.29, 0.717) is 11.5 Å². The van der Waals surface area contributed by atoms with Crippen LogP contribution in [-0.2, 0) is 7.05 Å². The minimum Gasteiger partial charge on any atom is -0.341 e. The number of hydrogen-bond donors (Lipinski definition) is 2. The van der Waals surface area contributed by atoms with E-state index >= 15 is 0 Å². The number of anilines is 2. The molecule has 6 heteroatoms. The summed E-state index contributed by atoms with van der Waals surface area (Å²) in [4.78, 5) is 18.3. The van der Waals surface area contributed by atoms with Crippen molar-refractivity contribution in [2.45, 2.75) is 13.8 Å². The van der Waals surface area contributed by atoms with Crippen molar-refractivity contribution >= 4 is 22.5 Å². The van der Waals surface area contributed by atoms with Crippen LogP contribution in [0.2, 0.25) is 0 Å². The van der Waals surface area contributed by atoms with Crippen LogP contribution in [0.15, 0.2) is 29.2 Å². The highest BCUT2D eigenvalue weighted by atomic mass is 16.1. The van der Waals surface area contributed by atoms with Gasteiger partial charge in [0.05, 0.1) is 11.6 Å². The first-order valence-corrected chi connectivity index (χ1v) is 6.31. The Morgan fingerprint density at radius 2 is 2.10 bits per heavy atom. The SMILES string of the molecule is Cc1ccc(Nc2[nH]c(=O)nc3c2cnn3C)c(C)c1. The third-order valence-corrected chi connectivity index (χ3v) is 3.26. The van der Waals surface area contributed by atoms with Crippen LogP contribution < -0.4 is 11.0 Å². The van der Waals surface area contributed by atoms with E-state index in [1.54, 1.807) is 17.9 Å². The van der Waals surface area contributed by atoms with Gasteiger partial charge in [0.2, 0.25) is 0 Å². The van der Waals surface area contributed by atoms with E-state index in [1.165, 1.54) is 5.56 Å². The third-order valence-electron chi connectivity index (χ3n) is 3.26. The number of aromatic amines is 1. The monoisotopic (exact) mass is 269 g/mol. The first kappa shape index (κ1) is 12.4. The minimum absolute atomic E-state index is 0.395. The van der Waals surface area contributed by atoms with Crippen molar-refractivity contribution in [3.05, 3.63) is 46.0 Å². The Morgan fingerprint density at radius 1 is 1.30 bits per heavy atom. The Kier molecular flexibility index (Phi) is 2.78.